The topological polar surface area (TPSA) is 32.3 Å². The Hall–Kier alpha value is -1.49. The highest BCUT2D eigenvalue weighted by molar-refractivity contribution is 7.85. The van der Waals surface area contributed by atoms with Crippen LogP contribution in [0.1, 0.15) is 36.0 Å². The summed E-state index contributed by atoms with van der Waals surface area (Å²) < 4.78 is 12.8. The number of rotatable bonds is 6. The van der Waals surface area contributed by atoms with E-state index in [4.69, 9.17) is 0 Å². The van der Waals surface area contributed by atoms with Crippen LogP contribution < -0.4 is 5.32 Å². The molecule has 1 atom stereocenters. The van der Waals surface area contributed by atoms with Crippen molar-refractivity contribution < 1.29 is 4.21 Å². The van der Waals surface area contributed by atoms with Gasteiger partial charge in [0.2, 0.25) is 0 Å². The van der Waals surface area contributed by atoms with Crippen LogP contribution in [0.15, 0.2) is 53.4 Å². The molecule has 1 saturated heterocycles. The van der Waals surface area contributed by atoms with Crippen molar-refractivity contribution in [2.24, 2.45) is 5.92 Å². The molecule has 4 rings (SSSR count). The highest BCUT2D eigenvalue weighted by Crippen LogP contribution is 2.23. The third kappa shape index (κ3) is 5.31. The molecule has 28 heavy (non-hydrogen) atoms. The fourth-order valence-corrected chi connectivity index (χ4v) is 5.73. The zero-order valence-electron chi connectivity index (χ0n) is 16.7. The summed E-state index contributed by atoms with van der Waals surface area (Å²) in [6.45, 7) is 5.43. The summed E-state index contributed by atoms with van der Waals surface area (Å²) in [6.07, 6.45) is 5.71. The fourth-order valence-electron chi connectivity index (χ4n) is 4.45. The normalized spacial score (nSPS) is 19.7. The van der Waals surface area contributed by atoms with Gasteiger partial charge in [-0.1, -0.05) is 36.4 Å². The molecule has 1 fully saturated rings. The molecule has 2 aliphatic heterocycles. The van der Waals surface area contributed by atoms with Crippen molar-refractivity contribution in [3.63, 3.8) is 0 Å². The molecule has 0 radical (unpaired) electrons. The largest absolute Gasteiger partial charge is 0.317 e. The van der Waals surface area contributed by atoms with Crippen LogP contribution in [0.2, 0.25) is 0 Å². The molecule has 2 aliphatic rings. The van der Waals surface area contributed by atoms with Gasteiger partial charge in [0.1, 0.15) is 0 Å². The molecule has 1 N–H and O–H groups in total. The van der Waals surface area contributed by atoms with E-state index in [-0.39, 0.29) is 0 Å². The minimum Gasteiger partial charge on any atom is -0.317 e. The van der Waals surface area contributed by atoms with Gasteiger partial charge in [0, 0.05) is 30.3 Å². The Labute approximate surface area is 172 Å². The second-order valence-corrected chi connectivity index (χ2v) is 9.79. The lowest BCUT2D eigenvalue weighted by atomic mass is 9.96. The molecule has 0 aliphatic carbocycles. The number of fused-ring (bicyclic) bond motifs is 1. The highest BCUT2D eigenvalue weighted by atomic mass is 32.2. The first-order chi connectivity index (χ1) is 13.8. The van der Waals surface area contributed by atoms with Crippen LogP contribution >= 0.6 is 0 Å². The molecule has 0 saturated carbocycles. The maximum absolute atomic E-state index is 12.8. The van der Waals surface area contributed by atoms with Crippen LogP contribution in [0.5, 0.6) is 0 Å². The zero-order chi connectivity index (χ0) is 19.2. The first kappa shape index (κ1) is 19.8. The molecule has 2 heterocycles. The Morgan fingerprint density at radius 2 is 1.71 bits per heavy atom. The summed E-state index contributed by atoms with van der Waals surface area (Å²) in [4.78, 5) is 3.58. The van der Waals surface area contributed by atoms with E-state index in [1.165, 1.54) is 29.5 Å². The quantitative estimate of drug-likeness (QED) is 0.806. The molecule has 3 nitrogen and oxygen atoms in total. The van der Waals surface area contributed by atoms with Gasteiger partial charge in [0.05, 0.1) is 10.8 Å². The van der Waals surface area contributed by atoms with Crippen LogP contribution in [-0.2, 0) is 30.2 Å². The first-order valence-electron chi connectivity index (χ1n) is 10.7. The van der Waals surface area contributed by atoms with Gasteiger partial charge in [-0.05, 0) is 79.9 Å². The number of piperidine rings is 1. The van der Waals surface area contributed by atoms with Gasteiger partial charge >= 0.3 is 0 Å². The predicted molar refractivity (Wildman–Crippen MR) is 117 cm³/mol. The van der Waals surface area contributed by atoms with E-state index in [1.54, 1.807) is 0 Å². The summed E-state index contributed by atoms with van der Waals surface area (Å²) in [5.41, 5.74) is 4.23. The molecular weight excluding hydrogens is 364 g/mol. The van der Waals surface area contributed by atoms with Crippen LogP contribution in [0.25, 0.3) is 0 Å². The van der Waals surface area contributed by atoms with Crippen molar-refractivity contribution in [2.45, 2.75) is 43.5 Å². The second-order valence-electron chi connectivity index (χ2n) is 8.22. The minimum atomic E-state index is -0.863. The van der Waals surface area contributed by atoms with E-state index >= 15 is 0 Å². The number of hydrogen-bond acceptors (Lipinski definition) is 3. The minimum absolute atomic E-state index is 0.748. The second kappa shape index (κ2) is 9.82. The van der Waals surface area contributed by atoms with E-state index in [0.717, 1.165) is 68.6 Å². The van der Waals surface area contributed by atoms with E-state index in [2.05, 4.69) is 58.7 Å². The van der Waals surface area contributed by atoms with Crippen LogP contribution in [-0.4, -0.2) is 41.0 Å². The lowest BCUT2D eigenvalue weighted by molar-refractivity contribution is 0.279. The van der Waals surface area contributed by atoms with Gasteiger partial charge in [-0.15, -0.1) is 0 Å². The monoisotopic (exact) mass is 396 g/mol. The van der Waals surface area contributed by atoms with E-state index in [0.29, 0.717) is 0 Å². The van der Waals surface area contributed by atoms with Crippen molar-refractivity contribution in [2.75, 3.05) is 31.9 Å². The van der Waals surface area contributed by atoms with Crippen molar-refractivity contribution in [1.29, 1.82) is 0 Å². The van der Waals surface area contributed by atoms with E-state index < -0.39 is 10.8 Å². The Bertz CT molecular complexity index is 786. The summed E-state index contributed by atoms with van der Waals surface area (Å²) in [5, 5.41) is 3.41. The average Bonchev–Trinajstić information content (AvgIpc) is 2.95. The van der Waals surface area contributed by atoms with Crippen LogP contribution in [0, 0.1) is 5.92 Å². The SMILES string of the molecule is O=S(CCC1CCNCC1)c1ccc2c(c1)CCN(Cc1ccccc1)CC2. The Balaban J connectivity index is 1.34. The lowest BCUT2D eigenvalue weighted by Gasteiger charge is -2.22. The Kier molecular flexibility index (Phi) is 6.95. The number of nitrogens with one attached hydrogen (secondary N) is 1. The first-order valence-corrected chi connectivity index (χ1v) is 12.1. The summed E-state index contributed by atoms with van der Waals surface area (Å²) in [5.74, 6) is 1.56. The molecule has 0 spiro atoms. The molecule has 4 heteroatoms. The Morgan fingerprint density at radius 3 is 2.50 bits per heavy atom. The van der Waals surface area contributed by atoms with Gasteiger partial charge in [0.25, 0.3) is 0 Å². The highest BCUT2D eigenvalue weighted by Gasteiger charge is 2.18. The number of hydrogen-bond donors (Lipinski definition) is 1. The van der Waals surface area contributed by atoms with E-state index in [1.807, 2.05) is 0 Å². The molecule has 0 aromatic heterocycles. The standard InChI is InChI=1S/C24H32N2OS/c27-28(17-12-20-8-13-25-14-9-20)24-7-6-22-10-15-26(16-11-23(22)18-24)19-21-4-2-1-3-5-21/h1-7,18,20,25H,8-17,19H2. The number of nitrogens with zero attached hydrogens (tertiary/aromatic N) is 1. The number of benzene rings is 2. The van der Waals surface area contributed by atoms with Gasteiger partial charge in [-0.3, -0.25) is 9.11 Å². The third-order valence-corrected chi connectivity index (χ3v) is 7.64. The molecule has 0 bridgehead atoms. The third-order valence-electron chi connectivity index (χ3n) is 6.25. The van der Waals surface area contributed by atoms with Crippen molar-refractivity contribution in [3.8, 4) is 0 Å². The maximum atomic E-state index is 12.8. The molecule has 0 amide bonds. The van der Waals surface area contributed by atoms with Crippen LogP contribution in [0.4, 0.5) is 0 Å². The Morgan fingerprint density at radius 1 is 0.964 bits per heavy atom. The molecule has 2 aromatic rings. The summed E-state index contributed by atoms with van der Waals surface area (Å²) in [7, 11) is -0.863. The molecular formula is C24H32N2OS. The van der Waals surface area contributed by atoms with Crippen molar-refractivity contribution >= 4 is 10.8 Å². The molecule has 1 unspecified atom stereocenters. The van der Waals surface area contributed by atoms with Gasteiger partial charge in [-0.25, -0.2) is 0 Å². The van der Waals surface area contributed by atoms with Gasteiger partial charge in [-0.2, -0.15) is 0 Å². The van der Waals surface area contributed by atoms with Gasteiger partial charge in [0.15, 0.2) is 0 Å². The zero-order valence-corrected chi connectivity index (χ0v) is 17.6. The van der Waals surface area contributed by atoms with Gasteiger partial charge < -0.3 is 5.32 Å². The van der Waals surface area contributed by atoms with E-state index in [9.17, 15) is 4.21 Å². The van der Waals surface area contributed by atoms with Crippen molar-refractivity contribution in [3.05, 3.63) is 65.2 Å². The average molecular weight is 397 g/mol. The lowest BCUT2D eigenvalue weighted by Crippen LogP contribution is -2.28. The molecule has 150 valence electrons. The predicted octanol–water partition coefficient (Wildman–Crippen LogP) is 3.78. The smallest absolute Gasteiger partial charge is 0.0529 e. The summed E-state index contributed by atoms with van der Waals surface area (Å²) >= 11 is 0. The maximum Gasteiger partial charge on any atom is 0.0529 e. The van der Waals surface area contributed by atoms with Crippen LogP contribution in [0.3, 0.4) is 0 Å². The fraction of sp³-hybridized carbons (Fsp3) is 0.500. The molecule has 2 aromatic carbocycles. The van der Waals surface area contributed by atoms with Crippen molar-refractivity contribution in [1.82, 2.24) is 10.2 Å². The summed E-state index contributed by atoms with van der Waals surface area (Å²) in [6, 6.07) is 17.3.